The van der Waals surface area contributed by atoms with Gasteiger partial charge in [0.15, 0.2) is 0 Å². The predicted molar refractivity (Wildman–Crippen MR) is 53.5 cm³/mol. The van der Waals surface area contributed by atoms with Crippen molar-refractivity contribution < 1.29 is 0 Å². The lowest BCUT2D eigenvalue weighted by molar-refractivity contribution is 1.47. The fraction of sp³-hybridized carbons (Fsp3) is 0. The summed E-state index contributed by atoms with van der Waals surface area (Å²) in [7, 11) is 0. The van der Waals surface area contributed by atoms with Crippen molar-refractivity contribution in [2.45, 2.75) is 0 Å². The zero-order valence-corrected chi connectivity index (χ0v) is 8.54. The van der Waals surface area contributed by atoms with Crippen LogP contribution in [0.2, 0.25) is 9.36 Å². The maximum Gasteiger partial charge on any atom is 0.130 e. The minimum Gasteiger partial charge on any atom is -0.192 e. The van der Waals surface area contributed by atoms with Gasteiger partial charge in [0.1, 0.15) is 22.0 Å². The van der Waals surface area contributed by atoms with Crippen LogP contribution in [0.4, 0.5) is 0 Å². The Bertz CT molecular complexity index is 418. The minimum absolute atomic E-state index is 0.0105. The lowest BCUT2D eigenvalue weighted by Gasteiger charge is -1.87. The van der Waals surface area contributed by atoms with E-state index in [9.17, 15) is 0 Å². The molecule has 0 fully saturated rings. The molecule has 0 aliphatic heterocycles. The molecule has 0 bridgehead atoms. The molecule has 0 atom stereocenters. The van der Waals surface area contributed by atoms with Gasteiger partial charge in [0.25, 0.3) is 0 Å². The number of allylic oxidation sites excluding steroid dienone is 1. The second-order valence-electron chi connectivity index (χ2n) is 2.06. The highest BCUT2D eigenvalue weighted by atomic mass is 35.5. The molecular weight excluding hydrogens is 227 g/mol. The summed E-state index contributed by atoms with van der Waals surface area (Å²) in [6.07, 6.45) is 1.41. The molecule has 1 aromatic rings. The number of hydrogen-bond donors (Lipinski definition) is 0. The second kappa shape index (κ2) is 4.30. The van der Waals surface area contributed by atoms with Crippen LogP contribution in [-0.4, -0.2) is 0 Å². The third kappa shape index (κ3) is 2.23. The first-order valence-corrected chi connectivity index (χ1v) is 4.77. The van der Waals surface area contributed by atoms with Crippen molar-refractivity contribution in [3.63, 3.8) is 0 Å². The van der Waals surface area contributed by atoms with Gasteiger partial charge >= 0.3 is 0 Å². The molecule has 0 spiro atoms. The van der Waals surface area contributed by atoms with Crippen molar-refractivity contribution in [3.8, 4) is 12.1 Å². The third-order valence-corrected chi connectivity index (χ3v) is 3.11. The topological polar surface area (TPSA) is 47.6 Å². The van der Waals surface area contributed by atoms with Crippen LogP contribution in [0.25, 0.3) is 6.08 Å². The zero-order chi connectivity index (χ0) is 9.84. The molecular formula is C8H2Cl2N2S. The first-order valence-electron chi connectivity index (χ1n) is 3.13. The van der Waals surface area contributed by atoms with Crippen molar-refractivity contribution in [2.75, 3.05) is 0 Å². The molecule has 0 amide bonds. The fourth-order valence-corrected chi connectivity index (χ4v) is 1.86. The van der Waals surface area contributed by atoms with E-state index in [-0.39, 0.29) is 5.57 Å². The molecule has 0 aromatic carbocycles. The molecule has 64 valence electrons. The van der Waals surface area contributed by atoms with Crippen molar-refractivity contribution in [1.29, 1.82) is 10.5 Å². The first kappa shape index (κ1) is 10.1. The van der Waals surface area contributed by atoms with Crippen LogP contribution >= 0.6 is 34.5 Å². The Labute approximate surface area is 89.2 Å². The van der Waals surface area contributed by atoms with Crippen LogP contribution in [-0.2, 0) is 0 Å². The molecule has 0 aliphatic rings. The van der Waals surface area contributed by atoms with E-state index in [4.69, 9.17) is 33.7 Å². The standard InChI is InChI=1S/C8H2Cl2N2S/c9-7-6(4-13-8(7)10)1-5(2-11)3-12/h1,4H. The molecule has 2 nitrogen and oxygen atoms in total. The van der Waals surface area contributed by atoms with Crippen LogP contribution in [0, 0.1) is 22.7 Å². The average Bonchev–Trinajstić information content (AvgIpc) is 2.45. The molecule has 1 heterocycles. The van der Waals surface area contributed by atoms with Crippen molar-refractivity contribution in [2.24, 2.45) is 0 Å². The summed E-state index contributed by atoms with van der Waals surface area (Å²) in [6.45, 7) is 0. The van der Waals surface area contributed by atoms with E-state index in [1.807, 2.05) is 0 Å². The van der Waals surface area contributed by atoms with E-state index >= 15 is 0 Å². The highest BCUT2D eigenvalue weighted by Crippen LogP contribution is 2.33. The van der Waals surface area contributed by atoms with Gasteiger partial charge in [-0.15, -0.1) is 11.3 Å². The van der Waals surface area contributed by atoms with Crippen LogP contribution in [0.1, 0.15) is 5.56 Å². The van der Waals surface area contributed by atoms with Crippen molar-refractivity contribution in [3.05, 3.63) is 25.9 Å². The normalized spacial score (nSPS) is 8.62. The Morgan fingerprint density at radius 3 is 2.38 bits per heavy atom. The second-order valence-corrected chi connectivity index (χ2v) is 3.92. The van der Waals surface area contributed by atoms with Gasteiger partial charge in [0.05, 0.1) is 5.02 Å². The number of nitriles is 2. The van der Waals surface area contributed by atoms with Gasteiger partial charge < -0.3 is 0 Å². The monoisotopic (exact) mass is 228 g/mol. The molecule has 0 unspecified atom stereocenters. The largest absolute Gasteiger partial charge is 0.192 e. The molecule has 0 saturated carbocycles. The Hall–Kier alpha value is -1.000. The summed E-state index contributed by atoms with van der Waals surface area (Å²) in [6, 6.07) is 3.48. The number of thiophene rings is 1. The summed E-state index contributed by atoms with van der Waals surface area (Å²) in [4.78, 5) is 0. The molecule has 1 aromatic heterocycles. The van der Waals surface area contributed by atoms with Gasteiger partial charge in [-0.25, -0.2) is 0 Å². The Morgan fingerprint density at radius 1 is 1.38 bits per heavy atom. The summed E-state index contributed by atoms with van der Waals surface area (Å²) in [5, 5.41) is 19.0. The van der Waals surface area contributed by atoms with Crippen LogP contribution < -0.4 is 0 Å². The van der Waals surface area contributed by atoms with E-state index in [1.54, 1.807) is 17.5 Å². The van der Waals surface area contributed by atoms with Gasteiger partial charge in [-0.05, 0) is 6.08 Å². The van der Waals surface area contributed by atoms with Gasteiger partial charge in [-0.3, -0.25) is 0 Å². The molecule has 0 saturated heterocycles. The lowest BCUT2D eigenvalue weighted by atomic mass is 10.2. The Balaban J connectivity index is 3.14. The predicted octanol–water partition coefficient (Wildman–Crippen LogP) is 3.49. The number of rotatable bonds is 1. The minimum atomic E-state index is 0.0105. The first-order chi connectivity index (χ1) is 6.19. The summed E-state index contributed by atoms with van der Waals surface area (Å²) in [5.41, 5.74) is 0.617. The molecule has 0 N–H and O–H groups in total. The van der Waals surface area contributed by atoms with E-state index < -0.39 is 0 Å². The molecule has 0 aliphatic carbocycles. The fourth-order valence-electron chi connectivity index (χ4n) is 0.675. The van der Waals surface area contributed by atoms with Gasteiger partial charge in [-0.2, -0.15) is 10.5 Å². The molecule has 13 heavy (non-hydrogen) atoms. The van der Waals surface area contributed by atoms with Gasteiger partial charge in [0, 0.05) is 10.9 Å². The Kier molecular flexibility index (Phi) is 3.33. The van der Waals surface area contributed by atoms with E-state index in [1.165, 1.54) is 17.4 Å². The summed E-state index contributed by atoms with van der Waals surface area (Å²) in [5.74, 6) is 0. The molecule has 0 radical (unpaired) electrons. The third-order valence-electron chi connectivity index (χ3n) is 1.26. The Morgan fingerprint density at radius 2 is 2.00 bits per heavy atom. The van der Waals surface area contributed by atoms with E-state index in [0.29, 0.717) is 14.9 Å². The van der Waals surface area contributed by atoms with Crippen LogP contribution in [0.15, 0.2) is 11.0 Å². The van der Waals surface area contributed by atoms with Crippen molar-refractivity contribution >= 4 is 40.6 Å². The number of halogens is 2. The van der Waals surface area contributed by atoms with Crippen LogP contribution in [0.3, 0.4) is 0 Å². The quantitative estimate of drug-likeness (QED) is 0.692. The molecule has 1 rings (SSSR count). The number of nitrogens with zero attached hydrogens (tertiary/aromatic N) is 2. The maximum absolute atomic E-state index is 8.47. The summed E-state index contributed by atoms with van der Waals surface area (Å²) < 4.78 is 0.461. The molecule has 5 heteroatoms. The maximum atomic E-state index is 8.47. The lowest BCUT2D eigenvalue weighted by Crippen LogP contribution is -1.72. The van der Waals surface area contributed by atoms with Crippen molar-refractivity contribution in [1.82, 2.24) is 0 Å². The highest BCUT2D eigenvalue weighted by Gasteiger charge is 2.06. The highest BCUT2D eigenvalue weighted by molar-refractivity contribution is 7.15. The number of hydrogen-bond acceptors (Lipinski definition) is 3. The van der Waals surface area contributed by atoms with Crippen LogP contribution in [0.5, 0.6) is 0 Å². The smallest absolute Gasteiger partial charge is 0.130 e. The van der Waals surface area contributed by atoms with E-state index in [2.05, 4.69) is 0 Å². The van der Waals surface area contributed by atoms with E-state index in [0.717, 1.165) is 0 Å². The summed E-state index contributed by atoms with van der Waals surface area (Å²) >= 11 is 12.7. The van der Waals surface area contributed by atoms with Gasteiger partial charge in [0.2, 0.25) is 0 Å². The average molecular weight is 229 g/mol. The zero-order valence-electron chi connectivity index (χ0n) is 6.21. The SMILES string of the molecule is N#CC(C#N)=Cc1csc(Cl)c1Cl. The van der Waals surface area contributed by atoms with Gasteiger partial charge in [-0.1, -0.05) is 23.2 Å².